The lowest BCUT2D eigenvalue weighted by molar-refractivity contribution is 0.830. The van der Waals surface area contributed by atoms with Crippen LogP contribution in [0.4, 0.5) is 5.82 Å². The zero-order valence-corrected chi connectivity index (χ0v) is 16.0. The summed E-state index contributed by atoms with van der Waals surface area (Å²) in [4.78, 5) is 11.2. The van der Waals surface area contributed by atoms with E-state index in [0.717, 1.165) is 51.3 Å². The zero-order valence-electron chi connectivity index (χ0n) is 14.4. The molecule has 0 radical (unpaired) electrons. The van der Waals surface area contributed by atoms with Crippen LogP contribution in [-0.2, 0) is 0 Å². The van der Waals surface area contributed by atoms with E-state index in [1.165, 1.54) is 0 Å². The predicted octanol–water partition coefficient (Wildman–Crippen LogP) is 5.13. The van der Waals surface area contributed by atoms with E-state index in [0.29, 0.717) is 0 Å². The minimum absolute atomic E-state index is 0.842. The molecule has 0 aliphatic rings. The fourth-order valence-corrected chi connectivity index (χ4v) is 3.99. The molecule has 0 aliphatic carbocycles. The fraction of sp³-hybridized carbons (Fsp3) is 0.200. The molecule has 0 aliphatic heterocycles. The van der Waals surface area contributed by atoms with Gasteiger partial charge in [0.05, 0.1) is 9.75 Å². The second kappa shape index (κ2) is 7.73. The van der Waals surface area contributed by atoms with Gasteiger partial charge in [-0.05, 0) is 42.5 Å². The van der Waals surface area contributed by atoms with Crippen LogP contribution < -0.4 is 5.32 Å². The van der Waals surface area contributed by atoms with Crippen molar-refractivity contribution < 1.29 is 0 Å². The van der Waals surface area contributed by atoms with Crippen LogP contribution in [0.25, 0.3) is 16.2 Å². The van der Waals surface area contributed by atoms with Crippen molar-refractivity contribution in [2.24, 2.45) is 0 Å². The van der Waals surface area contributed by atoms with Gasteiger partial charge in [0.25, 0.3) is 0 Å². The SMILES string of the molecule is CCCCNc1c(-c2ccc(C#Cc3nccs3)s2)nc2ccccn12. The number of hydrogen-bond donors (Lipinski definition) is 1. The quantitative estimate of drug-likeness (QED) is 0.387. The molecule has 0 saturated carbocycles. The molecular weight excluding hydrogens is 360 g/mol. The predicted molar refractivity (Wildman–Crippen MR) is 110 cm³/mol. The minimum Gasteiger partial charge on any atom is -0.369 e. The van der Waals surface area contributed by atoms with E-state index in [1.54, 1.807) is 28.9 Å². The van der Waals surface area contributed by atoms with Crippen molar-refractivity contribution in [3.05, 3.63) is 58.0 Å². The summed E-state index contributed by atoms with van der Waals surface area (Å²) in [6.07, 6.45) is 6.12. The third kappa shape index (κ3) is 3.50. The summed E-state index contributed by atoms with van der Waals surface area (Å²) in [5.74, 6) is 7.37. The van der Waals surface area contributed by atoms with Crippen LogP contribution >= 0.6 is 22.7 Å². The molecule has 0 atom stereocenters. The zero-order chi connectivity index (χ0) is 17.8. The highest BCUT2D eigenvalue weighted by molar-refractivity contribution is 7.16. The Morgan fingerprint density at radius 1 is 1.19 bits per heavy atom. The van der Waals surface area contributed by atoms with Crippen molar-refractivity contribution in [2.75, 3.05) is 11.9 Å². The highest BCUT2D eigenvalue weighted by atomic mass is 32.1. The van der Waals surface area contributed by atoms with Gasteiger partial charge in [-0.1, -0.05) is 19.4 Å². The van der Waals surface area contributed by atoms with Gasteiger partial charge in [-0.15, -0.1) is 22.7 Å². The molecule has 4 aromatic rings. The molecule has 4 heterocycles. The van der Waals surface area contributed by atoms with E-state index in [-0.39, 0.29) is 0 Å². The Kier molecular flexibility index (Phi) is 5.00. The number of hydrogen-bond acceptors (Lipinski definition) is 5. The molecule has 0 saturated heterocycles. The molecule has 0 bridgehead atoms. The molecule has 4 nitrogen and oxygen atoms in total. The third-order valence-corrected chi connectivity index (χ3v) is 5.61. The van der Waals surface area contributed by atoms with Gasteiger partial charge >= 0.3 is 0 Å². The van der Waals surface area contributed by atoms with Crippen molar-refractivity contribution in [3.63, 3.8) is 0 Å². The smallest absolute Gasteiger partial charge is 0.167 e. The lowest BCUT2D eigenvalue weighted by atomic mass is 10.3. The van der Waals surface area contributed by atoms with Crippen molar-refractivity contribution in [2.45, 2.75) is 19.8 Å². The van der Waals surface area contributed by atoms with Crippen LogP contribution in [0.3, 0.4) is 0 Å². The first-order valence-electron chi connectivity index (χ1n) is 8.58. The van der Waals surface area contributed by atoms with Gasteiger partial charge < -0.3 is 5.32 Å². The number of pyridine rings is 1. The van der Waals surface area contributed by atoms with Crippen LogP contribution in [-0.4, -0.2) is 20.9 Å². The van der Waals surface area contributed by atoms with Gasteiger partial charge in [0.15, 0.2) is 5.01 Å². The first-order chi connectivity index (χ1) is 12.8. The Hall–Kier alpha value is -2.62. The molecule has 0 aromatic carbocycles. The number of thiophene rings is 1. The highest BCUT2D eigenvalue weighted by Crippen LogP contribution is 2.33. The highest BCUT2D eigenvalue weighted by Gasteiger charge is 2.15. The molecule has 0 unspecified atom stereocenters. The van der Waals surface area contributed by atoms with E-state index in [1.807, 2.05) is 23.6 Å². The fourth-order valence-electron chi connectivity index (χ4n) is 2.65. The molecule has 4 rings (SSSR count). The van der Waals surface area contributed by atoms with Crippen LogP contribution in [0.2, 0.25) is 0 Å². The molecule has 0 spiro atoms. The van der Waals surface area contributed by atoms with Crippen molar-refractivity contribution in [1.82, 2.24) is 14.4 Å². The van der Waals surface area contributed by atoms with E-state index < -0.39 is 0 Å². The first kappa shape index (κ1) is 16.8. The summed E-state index contributed by atoms with van der Waals surface area (Å²) in [7, 11) is 0. The molecule has 1 N–H and O–H groups in total. The van der Waals surface area contributed by atoms with Gasteiger partial charge in [-0.2, -0.15) is 0 Å². The number of imidazole rings is 1. The lowest BCUT2D eigenvalue weighted by Gasteiger charge is -2.07. The summed E-state index contributed by atoms with van der Waals surface area (Å²) in [6.45, 7) is 3.14. The summed E-state index contributed by atoms with van der Waals surface area (Å²) < 4.78 is 2.12. The van der Waals surface area contributed by atoms with Crippen LogP contribution in [0.1, 0.15) is 29.7 Å². The minimum atomic E-state index is 0.842. The standard InChI is InChI=1S/C20H18N4S2/c1-2-3-11-22-20-19(23-17-6-4-5-13-24(17)20)16-9-7-15(26-16)8-10-18-21-12-14-25-18/h4-7,9,12-14,22H,2-3,11H2,1H3. The second-order valence-corrected chi connectivity index (χ2v) is 7.75. The molecule has 26 heavy (non-hydrogen) atoms. The summed E-state index contributed by atoms with van der Waals surface area (Å²) in [5, 5.41) is 6.34. The maximum Gasteiger partial charge on any atom is 0.167 e. The molecule has 4 aromatic heterocycles. The summed E-state index contributed by atoms with van der Waals surface area (Å²) in [5.41, 5.74) is 1.94. The van der Waals surface area contributed by atoms with E-state index >= 15 is 0 Å². The number of fused-ring (bicyclic) bond motifs is 1. The molecule has 0 fully saturated rings. The van der Waals surface area contributed by atoms with Crippen molar-refractivity contribution in [3.8, 4) is 22.4 Å². The second-order valence-electron chi connectivity index (χ2n) is 5.77. The third-order valence-electron chi connectivity index (χ3n) is 3.92. The normalized spacial score (nSPS) is 10.7. The molecule has 130 valence electrons. The maximum absolute atomic E-state index is 4.84. The molecule has 0 amide bonds. The van der Waals surface area contributed by atoms with Crippen LogP contribution in [0, 0.1) is 11.8 Å². The average Bonchev–Trinajstić information content (AvgIpc) is 3.40. The molecular formula is C20H18N4S2. The van der Waals surface area contributed by atoms with Gasteiger partial charge in [0.2, 0.25) is 0 Å². The maximum atomic E-state index is 4.84. The Balaban J connectivity index is 1.68. The number of anilines is 1. The number of nitrogens with one attached hydrogen (secondary N) is 1. The Morgan fingerprint density at radius 3 is 3.00 bits per heavy atom. The number of unbranched alkanes of at least 4 members (excludes halogenated alkanes) is 1. The number of rotatable bonds is 5. The largest absolute Gasteiger partial charge is 0.369 e. The number of aromatic nitrogens is 3. The van der Waals surface area contributed by atoms with Gasteiger partial charge in [0.1, 0.15) is 17.2 Å². The topological polar surface area (TPSA) is 42.2 Å². The summed E-state index contributed by atoms with van der Waals surface area (Å²) >= 11 is 3.22. The first-order valence-corrected chi connectivity index (χ1v) is 10.3. The van der Waals surface area contributed by atoms with Crippen LogP contribution in [0.15, 0.2) is 48.1 Å². The Morgan fingerprint density at radius 2 is 2.15 bits per heavy atom. The Bertz CT molecular complexity index is 1060. The van der Waals surface area contributed by atoms with Gasteiger partial charge in [-0.3, -0.25) is 4.40 Å². The van der Waals surface area contributed by atoms with Gasteiger partial charge in [0, 0.05) is 24.3 Å². The lowest BCUT2D eigenvalue weighted by Crippen LogP contribution is -2.04. The molecule has 6 heteroatoms. The van der Waals surface area contributed by atoms with E-state index in [4.69, 9.17) is 4.98 Å². The van der Waals surface area contributed by atoms with E-state index in [9.17, 15) is 0 Å². The van der Waals surface area contributed by atoms with E-state index in [2.05, 4.69) is 51.8 Å². The van der Waals surface area contributed by atoms with Crippen molar-refractivity contribution in [1.29, 1.82) is 0 Å². The summed E-state index contributed by atoms with van der Waals surface area (Å²) in [6, 6.07) is 10.2. The van der Waals surface area contributed by atoms with Gasteiger partial charge in [-0.25, -0.2) is 9.97 Å². The van der Waals surface area contributed by atoms with Crippen molar-refractivity contribution >= 4 is 34.1 Å². The number of thiazole rings is 1. The number of nitrogens with zero attached hydrogens (tertiary/aromatic N) is 3. The van der Waals surface area contributed by atoms with Crippen LogP contribution in [0.5, 0.6) is 0 Å². The monoisotopic (exact) mass is 378 g/mol. The Labute approximate surface area is 160 Å². The average molecular weight is 379 g/mol.